The van der Waals surface area contributed by atoms with Crippen LogP contribution in [0.2, 0.25) is 0 Å². The van der Waals surface area contributed by atoms with Gasteiger partial charge in [-0.3, -0.25) is 14.9 Å². The van der Waals surface area contributed by atoms with Gasteiger partial charge in [0.1, 0.15) is 0 Å². The maximum atomic E-state index is 12.0. The molecule has 0 radical (unpaired) electrons. The van der Waals surface area contributed by atoms with E-state index >= 15 is 0 Å². The number of benzene rings is 1. The highest BCUT2D eigenvalue weighted by Crippen LogP contribution is 2.29. The maximum absolute atomic E-state index is 12.0. The molecule has 24 heavy (non-hydrogen) atoms. The second-order valence-electron chi connectivity index (χ2n) is 6.32. The van der Waals surface area contributed by atoms with E-state index in [9.17, 15) is 19.7 Å². The first kappa shape index (κ1) is 17.9. The van der Waals surface area contributed by atoms with Gasteiger partial charge in [0.15, 0.2) is 6.61 Å². The summed E-state index contributed by atoms with van der Waals surface area (Å²) < 4.78 is 4.95. The lowest BCUT2D eigenvalue weighted by atomic mass is 9.78. The number of ether oxygens (including phenoxy) is 1. The molecule has 0 aliphatic heterocycles. The molecule has 1 saturated carbocycles. The maximum Gasteiger partial charge on any atom is 0.338 e. The number of carbonyl (C=O) groups is 2. The van der Waals surface area contributed by atoms with E-state index in [0.717, 1.165) is 25.3 Å². The highest BCUT2D eigenvalue weighted by atomic mass is 16.6. The van der Waals surface area contributed by atoms with Crippen LogP contribution in [-0.4, -0.2) is 29.4 Å². The van der Waals surface area contributed by atoms with Crippen molar-refractivity contribution in [1.29, 1.82) is 0 Å². The number of nitro groups is 1. The summed E-state index contributed by atoms with van der Waals surface area (Å²) in [7, 11) is 0. The molecule has 7 heteroatoms. The average Bonchev–Trinajstić information content (AvgIpc) is 2.57. The number of nitrogens with one attached hydrogen (secondary N) is 1. The molecule has 1 aliphatic rings. The van der Waals surface area contributed by atoms with E-state index in [-0.39, 0.29) is 29.8 Å². The molecule has 7 nitrogen and oxygen atoms in total. The Hall–Kier alpha value is -2.44. The van der Waals surface area contributed by atoms with Gasteiger partial charge in [-0.15, -0.1) is 0 Å². The van der Waals surface area contributed by atoms with E-state index in [1.54, 1.807) is 0 Å². The van der Waals surface area contributed by atoms with Gasteiger partial charge < -0.3 is 10.1 Å². The van der Waals surface area contributed by atoms with Gasteiger partial charge in [-0.1, -0.05) is 32.8 Å². The summed E-state index contributed by atoms with van der Waals surface area (Å²) in [6.45, 7) is 3.90. The molecular formula is C17H22N2O5. The Balaban J connectivity index is 1.86. The van der Waals surface area contributed by atoms with Gasteiger partial charge in [-0.2, -0.15) is 0 Å². The molecule has 1 amide bonds. The quantitative estimate of drug-likeness (QED) is 0.507. The molecule has 1 fully saturated rings. The number of hydrogen-bond donors (Lipinski definition) is 1. The number of amides is 1. The van der Waals surface area contributed by atoms with Crippen LogP contribution in [0.3, 0.4) is 0 Å². The van der Waals surface area contributed by atoms with E-state index in [2.05, 4.69) is 19.2 Å². The number of hydrogen-bond acceptors (Lipinski definition) is 5. The SMILES string of the molecule is C[C@@H]1[C@@H](C)CCC[C@H]1NC(=O)COC(=O)c1cccc([N+](=O)[O-])c1. The fourth-order valence-electron chi connectivity index (χ4n) is 3.00. The van der Waals surface area contributed by atoms with Gasteiger partial charge in [-0.05, 0) is 24.3 Å². The number of nitrogens with zero attached hydrogens (tertiary/aromatic N) is 1. The fourth-order valence-corrected chi connectivity index (χ4v) is 3.00. The molecule has 0 bridgehead atoms. The lowest BCUT2D eigenvalue weighted by Gasteiger charge is -2.34. The lowest BCUT2D eigenvalue weighted by molar-refractivity contribution is -0.384. The monoisotopic (exact) mass is 334 g/mol. The van der Waals surface area contributed by atoms with Crippen molar-refractivity contribution >= 4 is 17.6 Å². The van der Waals surface area contributed by atoms with Crippen LogP contribution in [0, 0.1) is 22.0 Å². The summed E-state index contributed by atoms with van der Waals surface area (Å²) in [5, 5.41) is 13.6. The van der Waals surface area contributed by atoms with Crippen LogP contribution in [0.25, 0.3) is 0 Å². The molecule has 1 N–H and O–H groups in total. The molecule has 0 heterocycles. The van der Waals surface area contributed by atoms with Gasteiger partial charge in [0, 0.05) is 18.2 Å². The van der Waals surface area contributed by atoms with E-state index in [1.165, 1.54) is 18.2 Å². The summed E-state index contributed by atoms with van der Waals surface area (Å²) in [6, 6.07) is 5.33. The number of non-ortho nitro benzene ring substituents is 1. The Morgan fingerprint density at radius 1 is 1.33 bits per heavy atom. The largest absolute Gasteiger partial charge is 0.452 e. The number of esters is 1. The zero-order chi connectivity index (χ0) is 17.7. The van der Waals surface area contributed by atoms with Crippen LogP contribution in [0.15, 0.2) is 24.3 Å². The Bertz CT molecular complexity index is 631. The van der Waals surface area contributed by atoms with Crippen LogP contribution < -0.4 is 5.32 Å². The van der Waals surface area contributed by atoms with Crippen molar-refractivity contribution in [3.05, 3.63) is 39.9 Å². The van der Waals surface area contributed by atoms with E-state index in [0.29, 0.717) is 11.8 Å². The zero-order valence-electron chi connectivity index (χ0n) is 13.9. The third kappa shape index (κ3) is 4.53. The predicted molar refractivity (Wildman–Crippen MR) is 87.5 cm³/mol. The first-order chi connectivity index (χ1) is 11.4. The molecule has 130 valence electrons. The van der Waals surface area contributed by atoms with Crippen molar-refractivity contribution in [2.75, 3.05) is 6.61 Å². The standard InChI is InChI=1S/C17H22N2O5/c1-11-5-3-8-15(12(11)2)18-16(20)10-24-17(21)13-6-4-7-14(9-13)19(22)23/h4,6-7,9,11-12,15H,3,5,8,10H2,1-2H3,(H,18,20)/t11-,12+,15+/m0/s1. The van der Waals surface area contributed by atoms with Gasteiger partial charge >= 0.3 is 5.97 Å². The summed E-state index contributed by atoms with van der Waals surface area (Å²) in [6.07, 6.45) is 3.16. The van der Waals surface area contributed by atoms with Crippen molar-refractivity contribution < 1.29 is 19.2 Å². The third-order valence-corrected chi connectivity index (χ3v) is 4.68. The predicted octanol–water partition coefficient (Wildman–Crippen LogP) is 2.69. The first-order valence-electron chi connectivity index (χ1n) is 8.09. The van der Waals surface area contributed by atoms with Crippen LogP contribution in [-0.2, 0) is 9.53 Å². The Morgan fingerprint density at radius 3 is 2.79 bits per heavy atom. The van der Waals surface area contributed by atoms with Crippen molar-refractivity contribution in [2.24, 2.45) is 11.8 Å². The fraction of sp³-hybridized carbons (Fsp3) is 0.529. The molecule has 0 spiro atoms. The van der Waals surface area contributed by atoms with E-state index < -0.39 is 10.9 Å². The third-order valence-electron chi connectivity index (χ3n) is 4.68. The van der Waals surface area contributed by atoms with Crippen molar-refractivity contribution in [3.8, 4) is 0 Å². The van der Waals surface area contributed by atoms with Gasteiger partial charge in [0.2, 0.25) is 0 Å². The van der Waals surface area contributed by atoms with Gasteiger partial charge in [0.05, 0.1) is 10.5 Å². The van der Waals surface area contributed by atoms with Gasteiger partial charge in [0.25, 0.3) is 11.6 Å². The van der Waals surface area contributed by atoms with E-state index in [1.807, 2.05) is 0 Å². The first-order valence-corrected chi connectivity index (χ1v) is 8.09. The normalized spacial score (nSPS) is 23.3. The molecule has 1 aromatic rings. The van der Waals surface area contributed by atoms with E-state index in [4.69, 9.17) is 4.74 Å². The second-order valence-corrected chi connectivity index (χ2v) is 6.32. The molecule has 0 unspecified atom stereocenters. The second kappa shape index (κ2) is 7.90. The number of nitro benzene ring substituents is 1. The Labute approximate surface area is 140 Å². The highest BCUT2D eigenvalue weighted by Gasteiger charge is 2.28. The number of rotatable bonds is 5. The van der Waals surface area contributed by atoms with Crippen LogP contribution in [0.1, 0.15) is 43.5 Å². The molecule has 1 aliphatic carbocycles. The molecule has 3 atom stereocenters. The van der Waals surface area contributed by atoms with Crippen molar-refractivity contribution in [3.63, 3.8) is 0 Å². The van der Waals surface area contributed by atoms with Gasteiger partial charge in [-0.25, -0.2) is 4.79 Å². The summed E-state index contributed by atoms with van der Waals surface area (Å²) in [4.78, 5) is 34.0. The van der Waals surface area contributed by atoms with Crippen LogP contribution in [0.5, 0.6) is 0 Å². The smallest absolute Gasteiger partial charge is 0.338 e. The van der Waals surface area contributed by atoms with Crippen molar-refractivity contribution in [1.82, 2.24) is 5.32 Å². The van der Waals surface area contributed by atoms with Crippen molar-refractivity contribution in [2.45, 2.75) is 39.2 Å². The molecular weight excluding hydrogens is 312 g/mol. The minimum absolute atomic E-state index is 0.0525. The minimum atomic E-state index is -0.751. The average molecular weight is 334 g/mol. The highest BCUT2D eigenvalue weighted by molar-refractivity contribution is 5.91. The number of carbonyl (C=O) groups excluding carboxylic acids is 2. The Kier molecular flexibility index (Phi) is 5.89. The van der Waals surface area contributed by atoms with Crippen LogP contribution in [0.4, 0.5) is 5.69 Å². The summed E-state index contributed by atoms with van der Waals surface area (Å²) >= 11 is 0. The summed E-state index contributed by atoms with van der Waals surface area (Å²) in [5.41, 5.74) is -0.143. The lowest BCUT2D eigenvalue weighted by Crippen LogP contribution is -2.45. The Morgan fingerprint density at radius 2 is 2.08 bits per heavy atom. The minimum Gasteiger partial charge on any atom is -0.452 e. The molecule has 0 saturated heterocycles. The summed E-state index contributed by atoms with van der Waals surface area (Å²) in [5.74, 6) is -0.162. The topological polar surface area (TPSA) is 98.5 Å². The van der Waals surface area contributed by atoms with Crippen LogP contribution >= 0.6 is 0 Å². The molecule has 2 rings (SSSR count). The molecule has 1 aromatic carbocycles. The zero-order valence-corrected chi connectivity index (χ0v) is 13.9. The molecule has 0 aromatic heterocycles.